The van der Waals surface area contributed by atoms with Crippen molar-refractivity contribution in [2.75, 3.05) is 52.1 Å². The van der Waals surface area contributed by atoms with Gasteiger partial charge in [0.05, 0.1) is 39.8 Å². The van der Waals surface area contributed by atoms with Gasteiger partial charge in [-0.1, -0.05) is 6.07 Å². The number of benzene rings is 1. The summed E-state index contributed by atoms with van der Waals surface area (Å²) in [6.07, 6.45) is 0. The fourth-order valence-electron chi connectivity index (χ4n) is 2.78. The summed E-state index contributed by atoms with van der Waals surface area (Å²) in [5.41, 5.74) is 3.35. The lowest BCUT2D eigenvalue weighted by atomic mass is 10.1. The highest BCUT2D eigenvalue weighted by atomic mass is 32.1. The lowest BCUT2D eigenvalue weighted by Crippen LogP contribution is -3.12. The summed E-state index contributed by atoms with van der Waals surface area (Å²) in [7, 11) is 4.02. The second kappa shape index (κ2) is 7.75. The summed E-state index contributed by atoms with van der Waals surface area (Å²) in [5, 5.41) is 3.79. The van der Waals surface area contributed by atoms with Gasteiger partial charge in [-0.3, -0.25) is 4.79 Å². The number of hydrogen-bond acceptors (Lipinski definition) is 2. The molecule has 23 heavy (non-hydrogen) atoms. The summed E-state index contributed by atoms with van der Waals surface area (Å²) in [5.74, 6) is 0.143. The molecule has 1 aliphatic heterocycles. The van der Waals surface area contributed by atoms with E-state index in [1.165, 1.54) is 16.0 Å². The van der Waals surface area contributed by atoms with Gasteiger partial charge >= 0.3 is 0 Å². The molecule has 6 heteroatoms. The van der Waals surface area contributed by atoms with Crippen LogP contribution in [0.3, 0.4) is 0 Å². The Morgan fingerprint density at radius 1 is 1.26 bits per heavy atom. The monoisotopic (exact) mass is 335 g/mol. The van der Waals surface area contributed by atoms with Crippen LogP contribution in [0.1, 0.15) is 11.1 Å². The molecule has 0 aliphatic carbocycles. The Hall–Kier alpha value is -1.66. The average Bonchev–Trinajstić information content (AvgIpc) is 2.46. The zero-order chi connectivity index (χ0) is 17.0. The third kappa shape index (κ3) is 5.18. The van der Waals surface area contributed by atoms with Gasteiger partial charge in [-0.15, -0.1) is 0 Å². The predicted molar refractivity (Wildman–Crippen MR) is 98.0 cm³/mol. The highest BCUT2D eigenvalue weighted by Crippen LogP contribution is 2.14. The SMILES string of the molecule is Cc1cc(C)cc(NC(=S)N(C)CC(=O)N2CC[NH+](C)CC2)c1. The van der Waals surface area contributed by atoms with Gasteiger partial charge in [0, 0.05) is 12.7 Å². The van der Waals surface area contributed by atoms with Crippen molar-refractivity contribution < 1.29 is 9.69 Å². The first kappa shape index (κ1) is 17.7. The number of carbonyl (C=O) groups is 1. The molecule has 0 saturated carbocycles. The number of nitrogens with zero attached hydrogens (tertiary/aromatic N) is 2. The lowest BCUT2D eigenvalue weighted by molar-refractivity contribution is -0.883. The van der Waals surface area contributed by atoms with E-state index in [2.05, 4.69) is 44.4 Å². The molecule has 5 nitrogen and oxygen atoms in total. The molecule has 2 N–H and O–H groups in total. The first-order valence-electron chi connectivity index (χ1n) is 8.04. The van der Waals surface area contributed by atoms with Gasteiger partial charge < -0.3 is 20.0 Å². The normalized spacial score (nSPS) is 15.4. The number of thiocarbonyl (C=S) groups is 1. The van der Waals surface area contributed by atoms with E-state index in [1.54, 1.807) is 4.90 Å². The van der Waals surface area contributed by atoms with E-state index in [0.29, 0.717) is 11.7 Å². The molecular weight excluding hydrogens is 308 g/mol. The quantitative estimate of drug-likeness (QED) is 0.779. The van der Waals surface area contributed by atoms with Crippen LogP contribution in [0.15, 0.2) is 18.2 Å². The smallest absolute Gasteiger partial charge is 0.242 e. The fourth-order valence-corrected chi connectivity index (χ4v) is 2.96. The van der Waals surface area contributed by atoms with Crippen LogP contribution >= 0.6 is 12.2 Å². The van der Waals surface area contributed by atoms with Gasteiger partial charge in [-0.05, 0) is 49.3 Å². The number of quaternary nitrogens is 1. The molecule has 1 heterocycles. The van der Waals surface area contributed by atoms with Gasteiger partial charge in [0.2, 0.25) is 5.91 Å². The van der Waals surface area contributed by atoms with Crippen molar-refractivity contribution in [3.63, 3.8) is 0 Å². The Balaban J connectivity index is 1.88. The molecule has 1 aromatic rings. The van der Waals surface area contributed by atoms with E-state index in [1.807, 2.05) is 11.9 Å². The van der Waals surface area contributed by atoms with E-state index < -0.39 is 0 Å². The molecule has 126 valence electrons. The first-order valence-corrected chi connectivity index (χ1v) is 8.45. The van der Waals surface area contributed by atoms with Crippen molar-refractivity contribution in [2.24, 2.45) is 0 Å². The topological polar surface area (TPSA) is 40.0 Å². The predicted octanol–water partition coefficient (Wildman–Crippen LogP) is 0.289. The van der Waals surface area contributed by atoms with E-state index in [9.17, 15) is 4.79 Å². The van der Waals surface area contributed by atoms with Gasteiger partial charge in [0.25, 0.3) is 0 Å². The Morgan fingerprint density at radius 2 is 1.83 bits per heavy atom. The van der Waals surface area contributed by atoms with Crippen LogP contribution in [0.2, 0.25) is 0 Å². The summed E-state index contributed by atoms with van der Waals surface area (Å²) in [6, 6.07) is 6.23. The van der Waals surface area contributed by atoms with Crippen molar-refractivity contribution in [2.45, 2.75) is 13.8 Å². The number of piperazine rings is 1. The molecule has 0 unspecified atom stereocenters. The van der Waals surface area contributed by atoms with E-state index >= 15 is 0 Å². The summed E-state index contributed by atoms with van der Waals surface area (Å²) < 4.78 is 0. The van der Waals surface area contributed by atoms with Crippen molar-refractivity contribution in [1.29, 1.82) is 0 Å². The Morgan fingerprint density at radius 3 is 2.39 bits per heavy atom. The summed E-state index contributed by atoms with van der Waals surface area (Å²) in [6.45, 7) is 8.12. The van der Waals surface area contributed by atoms with Crippen LogP contribution in [-0.4, -0.2) is 67.6 Å². The Labute approximate surface area is 144 Å². The standard InChI is InChI=1S/C17H26N4OS/c1-13-9-14(2)11-15(10-13)18-17(23)20(4)12-16(22)21-7-5-19(3)6-8-21/h9-11H,5-8,12H2,1-4H3,(H,18,23)/p+1. The Bertz CT molecular complexity index is 562. The fraction of sp³-hybridized carbons (Fsp3) is 0.529. The molecule has 0 bridgehead atoms. The van der Waals surface area contributed by atoms with E-state index in [-0.39, 0.29) is 5.91 Å². The maximum Gasteiger partial charge on any atom is 0.242 e. The van der Waals surface area contributed by atoms with Gasteiger partial charge in [0.1, 0.15) is 0 Å². The maximum absolute atomic E-state index is 12.4. The number of likely N-dealkylation sites (N-methyl/N-ethyl adjacent to an activating group) is 2. The molecule has 1 aliphatic rings. The van der Waals surface area contributed by atoms with Crippen molar-refractivity contribution in [3.8, 4) is 0 Å². The molecule has 0 radical (unpaired) electrons. The minimum absolute atomic E-state index is 0.143. The molecule has 2 rings (SSSR count). The molecule has 1 fully saturated rings. The number of aryl methyl sites for hydroxylation is 2. The molecule has 0 atom stereocenters. The van der Waals surface area contributed by atoms with Crippen LogP contribution in [-0.2, 0) is 4.79 Å². The molecule has 0 spiro atoms. The molecule has 1 saturated heterocycles. The number of amides is 1. The summed E-state index contributed by atoms with van der Waals surface area (Å²) in [4.78, 5) is 17.6. The van der Waals surface area contributed by atoms with Crippen LogP contribution in [0.4, 0.5) is 5.69 Å². The van der Waals surface area contributed by atoms with Crippen molar-refractivity contribution >= 4 is 28.9 Å². The van der Waals surface area contributed by atoms with Crippen molar-refractivity contribution in [1.82, 2.24) is 9.80 Å². The minimum Gasteiger partial charge on any atom is -0.343 e. The zero-order valence-electron chi connectivity index (χ0n) is 14.5. The number of rotatable bonds is 3. The summed E-state index contributed by atoms with van der Waals surface area (Å²) >= 11 is 5.42. The van der Waals surface area contributed by atoms with Crippen LogP contribution in [0.5, 0.6) is 0 Å². The second-order valence-corrected chi connectivity index (χ2v) is 6.89. The van der Waals surface area contributed by atoms with Crippen LogP contribution in [0, 0.1) is 13.8 Å². The largest absolute Gasteiger partial charge is 0.343 e. The highest BCUT2D eigenvalue weighted by Gasteiger charge is 2.22. The Kier molecular flexibility index (Phi) is 5.96. The van der Waals surface area contributed by atoms with Gasteiger partial charge in [0.15, 0.2) is 5.11 Å². The second-order valence-electron chi connectivity index (χ2n) is 6.50. The molecule has 0 aromatic heterocycles. The molecular formula is C17H27N4OS+. The van der Waals surface area contributed by atoms with Gasteiger partial charge in [-0.2, -0.15) is 0 Å². The lowest BCUT2D eigenvalue weighted by Gasteiger charge is -2.31. The minimum atomic E-state index is 0.143. The average molecular weight is 335 g/mol. The van der Waals surface area contributed by atoms with Gasteiger partial charge in [-0.25, -0.2) is 0 Å². The van der Waals surface area contributed by atoms with E-state index in [4.69, 9.17) is 12.2 Å². The number of hydrogen-bond donors (Lipinski definition) is 2. The van der Waals surface area contributed by atoms with Crippen LogP contribution in [0.25, 0.3) is 0 Å². The van der Waals surface area contributed by atoms with Crippen molar-refractivity contribution in [3.05, 3.63) is 29.3 Å². The number of nitrogens with one attached hydrogen (secondary N) is 2. The van der Waals surface area contributed by atoms with E-state index in [0.717, 1.165) is 31.9 Å². The number of carbonyl (C=O) groups excluding carboxylic acids is 1. The third-order valence-corrected chi connectivity index (χ3v) is 4.58. The van der Waals surface area contributed by atoms with Crippen LogP contribution < -0.4 is 10.2 Å². The number of anilines is 1. The highest BCUT2D eigenvalue weighted by molar-refractivity contribution is 7.80. The third-order valence-electron chi connectivity index (χ3n) is 4.16. The maximum atomic E-state index is 12.4. The molecule has 1 amide bonds. The molecule has 1 aromatic carbocycles. The first-order chi connectivity index (χ1) is 10.8. The zero-order valence-corrected chi connectivity index (χ0v) is 15.3.